The molecule has 0 aliphatic rings. The number of ether oxygens (including phenoxy) is 1. The standard InChI is InChI=1S/C15H10F4O2/c16-14-11(8-20)6-12(7-13(14)15(17,18)19)21-9-10-4-2-1-3-5-10/h1-8H,9H2. The molecule has 0 aromatic heterocycles. The summed E-state index contributed by atoms with van der Waals surface area (Å²) in [6.07, 6.45) is -4.87. The molecular formula is C15H10F4O2. The summed E-state index contributed by atoms with van der Waals surface area (Å²) in [5, 5.41) is 0. The maximum absolute atomic E-state index is 13.5. The number of aldehydes is 1. The molecule has 0 bridgehead atoms. The lowest BCUT2D eigenvalue weighted by molar-refractivity contribution is -0.140. The molecule has 0 unspecified atom stereocenters. The minimum atomic E-state index is -4.89. The van der Waals surface area contributed by atoms with Gasteiger partial charge in [0.25, 0.3) is 0 Å². The Bertz CT molecular complexity index is 636. The quantitative estimate of drug-likeness (QED) is 0.623. The summed E-state index contributed by atoms with van der Waals surface area (Å²) in [6, 6.07) is 10.2. The molecule has 0 N–H and O–H groups in total. The van der Waals surface area contributed by atoms with Gasteiger partial charge in [0.1, 0.15) is 18.2 Å². The predicted octanol–water partition coefficient (Wildman–Crippen LogP) is 4.24. The summed E-state index contributed by atoms with van der Waals surface area (Å²) in [5.41, 5.74) is -1.47. The molecule has 0 aliphatic carbocycles. The van der Waals surface area contributed by atoms with E-state index in [1.54, 1.807) is 30.3 Å². The van der Waals surface area contributed by atoms with Gasteiger partial charge in [-0.1, -0.05) is 30.3 Å². The molecule has 0 saturated carbocycles. The third-order valence-electron chi connectivity index (χ3n) is 2.75. The van der Waals surface area contributed by atoms with Crippen molar-refractivity contribution in [2.75, 3.05) is 0 Å². The molecule has 0 spiro atoms. The molecule has 21 heavy (non-hydrogen) atoms. The molecular weight excluding hydrogens is 288 g/mol. The maximum Gasteiger partial charge on any atom is 0.419 e. The van der Waals surface area contributed by atoms with Gasteiger partial charge in [0, 0.05) is 0 Å². The number of hydrogen-bond acceptors (Lipinski definition) is 2. The molecule has 6 heteroatoms. The van der Waals surface area contributed by atoms with E-state index in [-0.39, 0.29) is 18.6 Å². The highest BCUT2D eigenvalue weighted by molar-refractivity contribution is 5.76. The lowest BCUT2D eigenvalue weighted by Gasteiger charge is -2.13. The normalized spacial score (nSPS) is 11.2. The van der Waals surface area contributed by atoms with Gasteiger partial charge in [-0.3, -0.25) is 4.79 Å². The highest BCUT2D eigenvalue weighted by Gasteiger charge is 2.35. The highest BCUT2D eigenvalue weighted by atomic mass is 19.4. The van der Waals surface area contributed by atoms with Crippen molar-refractivity contribution >= 4 is 6.29 Å². The van der Waals surface area contributed by atoms with Crippen molar-refractivity contribution in [2.24, 2.45) is 0 Å². The van der Waals surface area contributed by atoms with Crippen molar-refractivity contribution in [2.45, 2.75) is 12.8 Å². The zero-order valence-electron chi connectivity index (χ0n) is 10.7. The molecule has 2 nitrogen and oxygen atoms in total. The number of rotatable bonds is 4. The minimum absolute atomic E-state index is 0.0159. The van der Waals surface area contributed by atoms with Crippen LogP contribution in [0, 0.1) is 5.82 Å². The Morgan fingerprint density at radius 1 is 1.10 bits per heavy atom. The van der Waals surface area contributed by atoms with Crippen LogP contribution in [-0.4, -0.2) is 6.29 Å². The Morgan fingerprint density at radius 3 is 2.33 bits per heavy atom. The van der Waals surface area contributed by atoms with Crippen molar-refractivity contribution in [3.05, 3.63) is 65.0 Å². The summed E-state index contributed by atoms with van der Waals surface area (Å²) in [5.74, 6) is -1.81. The van der Waals surface area contributed by atoms with Crippen LogP contribution in [0.15, 0.2) is 42.5 Å². The van der Waals surface area contributed by atoms with Crippen LogP contribution < -0.4 is 4.74 Å². The molecule has 0 saturated heterocycles. The van der Waals surface area contributed by atoms with E-state index in [9.17, 15) is 22.4 Å². The lowest BCUT2D eigenvalue weighted by atomic mass is 10.1. The van der Waals surface area contributed by atoms with Gasteiger partial charge in [-0.25, -0.2) is 4.39 Å². The average Bonchev–Trinajstić information content (AvgIpc) is 2.46. The zero-order valence-corrected chi connectivity index (χ0v) is 10.7. The summed E-state index contributed by atoms with van der Waals surface area (Å²) >= 11 is 0. The lowest BCUT2D eigenvalue weighted by Crippen LogP contribution is -2.11. The number of carbonyl (C=O) groups is 1. The van der Waals surface area contributed by atoms with Gasteiger partial charge in [0.05, 0.1) is 11.1 Å². The molecule has 0 heterocycles. The van der Waals surface area contributed by atoms with Crippen LogP contribution in [0.3, 0.4) is 0 Å². The van der Waals surface area contributed by atoms with Crippen LogP contribution in [-0.2, 0) is 12.8 Å². The molecule has 0 atom stereocenters. The van der Waals surface area contributed by atoms with Crippen LogP contribution in [0.4, 0.5) is 17.6 Å². The molecule has 2 aromatic carbocycles. The van der Waals surface area contributed by atoms with Crippen molar-refractivity contribution in [3.63, 3.8) is 0 Å². The first-order valence-electron chi connectivity index (χ1n) is 5.94. The molecule has 2 rings (SSSR count). The first-order chi connectivity index (χ1) is 9.91. The largest absolute Gasteiger partial charge is 0.489 e. The Labute approximate surface area is 118 Å². The van der Waals surface area contributed by atoms with E-state index >= 15 is 0 Å². The highest BCUT2D eigenvalue weighted by Crippen LogP contribution is 2.35. The van der Waals surface area contributed by atoms with Gasteiger partial charge in [-0.05, 0) is 17.7 Å². The van der Waals surface area contributed by atoms with E-state index in [1.807, 2.05) is 0 Å². The van der Waals surface area contributed by atoms with Gasteiger partial charge >= 0.3 is 6.18 Å². The molecule has 0 fully saturated rings. The minimum Gasteiger partial charge on any atom is -0.489 e. The van der Waals surface area contributed by atoms with Crippen molar-refractivity contribution < 1.29 is 27.1 Å². The Balaban J connectivity index is 2.30. The monoisotopic (exact) mass is 298 g/mol. The van der Waals surface area contributed by atoms with E-state index in [0.717, 1.165) is 11.6 Å². The molecule has 0 amide bonds. The van der Waals surface area contributed by atoms with Gasteiger partial charge in [0.2, 0.25) is 0 Å². The summed E-state index contributed by atoms with van der Waals surface area (Å²) in [4.78, 5) is 10.7. The second-order valence-electron chi connectivity index (χ2n) is 4.26. The molecule has 110 valence electrons. The molecule has 0 aliphatic heterocycles. The van der Waals surface area contributed by atoms with E-state index in [2.05, 4.69) is 0 Å². The Hall–Kier alpha value is -2.37. The number of alkyl halides is 3. The van der Waals surface area contributed by atoms with Crippen LogP contribution >= 0.6 is 0 Å². The Kier molecular flexibility index (Phi) is 4.26. The van der Waals surface area contributed by atoms with E-state index < -0.39 is 23.1 Å². The van der Waals surface area contributed by atoms with Crippen molar-refractivity contribution in [1.82, 2.24) is 0 Å². The average molecular weight is 298 g/mol. The van der Waals surface area contributed by atoms with Crippen LogP contribution in [0.1, 0.15) is 21.5 Å². The first-order valence-corrected chi connectivity index (χ1v) is 5.94. The van der Waals surface area contributed by atoms with E-state index in [1.165, 1.54) is 0 Å². The zero-order chi connectivity index (χ0) is 15.5. The van der Waals surface area contributed by atoms with Gasteiger partial charge in [-0.2, -0.15) is 13.2 Å². The van der Waals surface area contributed by atoms with Gasteiger partial charge in [0.15, 0.2) is 6.29 Å². The maximum atomic E-state index is 13.5. The molecule has 2 aromatic rings. The number of carbonyl (C=O) groups excluding carboxylic acids is 1. The van der Waals surface area contributed by atoms with Crippen LogP contribution in [0.2, 0.25) is 0 Å². The summed E-state index contributed by atoms with van der Waals surface area (Å²) in [6.45, 7) is 0.0159. The smallest absolute Gasteiger partial charge is 0.419 e. The van der Waals surface area contributed by atoms with E-state index in [4.69, 9.17) is 4.74 Å². The third kappa shape index (κ3) is 3.59. The van der Waals surface area contributed by atoms with E-state index in [0.29, 0.717) is 6.07 Å². The fourth-order valence-corrected chi connectivity index (χ4v) is 1.74. The second kappa shape index (κ2) is 5.95. The molecule has 0 radical (unpaired) electrons. The van der Waals surface area contributed by atoms with Crippen molar-refractivity contribution in [1.29, 1.82) is 0 Å². The number of hydrogen-bond donors (Lipinski definition) is 0. The van der Waals surface area contributed by atoms with Crippen LogP contribution in [0.5, 0.6) is 5.75 Å². The van der Waals surface area contributed by atoms with Crippen LogP contribution in [0.25, 0.3) is 0 Å². The van der Waals surface area contributed by atoms with Gasteiger partial charge in [-0.15, -0.1) is 0 Å². The second-order valence-corrected chi connectivity index (χ2v) is 4.26. The Morgan fingerprint density at radius 2 is 1.76 bits per heavy atom. The topological polar surface area (TPSA) is 26.3 Å². The third-order valence-corrected chi connectivity index (χ3v) is 2.75. The summed E-state index contributed by atoms with van der Waals surface area (Å²) in [7, 11) is 0. The SMILES string of the molecule is O=Cc1cc(OCc2ccccc2)cc(C(F)(F)F)c1F. The van der Waals surface area contributed by atoms with Crippen molar-refractivity contribution in [3.8, 4) is 5.75 Å². The predicted molar refractivity (Wildman–Crippen MR) is 67.6 cm³/mol. The fourth-order valence-electron chi connectivity index (χ4n) is 1.74. The van der Waals surface area contributed by atoms with Gasteiger partial charge < -0.3 is 4.74 Å². The summed E-state index contributed by atoms with van der Waals surface area (Å²) < 4.78 is 56.8. The number of benzene rings is 2. The fraction of sp³-hybridized carbons (Fsp3) is 0.133. The number of halogens is 4. The first kappa shape index (κ1) is 15.0.